The molecule has 2 aliphatic rings. The van der Waals surface area contributed by atoms with Crippen molar-refractivity contribution in [3.8, 4) is 5.75 Å². The van der Waals surface area contributed by atoms with Crippen LogP contribution in [-0.2, 0) is 12.8 Å². The first kappa shape index (κ1) is 9.22. The Morgan fingerprint density at radius 2 is 2.13 bits per heavy atom. The first-order valence-electron chi connectivity index (χ1n) is 5.68. The summed E-state index contributed by atoms with van der Waals surface area (Å²) in [5.41, 5.74) is 3.59. The fourth-order valence-electron chi connectivity index (χ4n) is 2.81. The Bertz CT molecular complexity index is 382. The van der Waals surface area contributed by atoms with E-state index in [0.29, 0.717) is 5.41 Å². The zero-order valence-electron chi connectivity index (χ0n) is 9.18. The van der Waals surface area contributed by atoms with Gasteiger partial charge in [0.25, 0.3) is 0 Å². The molecule has 15 heavy (non-hydrogen) atoms. The Morgan fingerprint density at radius 3 is 2.80 bits per heavy atom. The fraction of sp³-hybridized carbons (Fsp3) is 0.538. The highest BCUT2D eigenvalue weighted by molar-refractivity contribution is 5.38. The first-order valence-corrected chi connectivity index (χ1v) is 5.68. The highest BCUT2D eigenvalue weighted by Gasteiger charge is 2.39. The number of fused-ring (bicyclic) bond motifs is 1. The third-order valence-electron chi connectivity index (χ3n) is 3.90. The van der Waals surface area contributed by atoms with E-state index >= 15 is 0 Å². The van der Waals surface area contributed by atoms with E-state index in [-0.39, 0.29) is 0 Å². The van der Waals surface area contributed by atoms with Crippen LogP contribution in [0.2, 0.25) is 0 Å². The largest absolute Gasteiger partial charge is 0.497 e. The molecule has 1 aliphatic heterocycles. The molecule has 1 aromatic rings. The zero-order valence-corrected chi connectivity index (χ0v) is 9.18. The van der Waals surface area contributed by atoms with Gasteiger partial charge in [-0.15, -0.1) is 0 Å². The van der Waals surface area contributed by atoms with Gasteiger partial charge in [-0.2, -0.15) is 0 Å². The summed E-state index contributed by atoms with van der Waals surface area (Å²) in [4.78, 5) is 0. The highest BCUT2D eigenvalue weighted by Crippen LogP contribution is 2.39. The van der Waals surface area contributed by atoms with E-state index in [1.807, 2.05) is 0 Å². The van der Waals surface area contributed by atoms with Crippen molar-refractivity contribution >= 4 is 0 Å². The van der Waals surface area contributed by atoms with E-state index in [9.17, 15) is 0 Å². The topological polar surface area (TPSA) is 21.3 Å². The second kappa shape index (κ2) is 3.24. The summed E-state index contributed by atoms with van der Waals surface area (Å²) in [7, 11) is 1.74. The van der Waals surface area contributed by atoms with Crippen LogP contribution in [0.5, 0.6) is 5.75 Å². The van der Waals surface area contributed by atoms with Crippen molar-refractivity contribution in [2.24, 2.45) is 5.41 Å². The molecule has 0 aromatic heterocycles. The summed E-state index contributed by atoms with van der Waals surface area (Å²) in [6, 6.07) is 6.53. The summed E-state index contributed by atoms with van der Waals surface area (Å²) in [5, 5.41) is 3.40. The lowest BCUT2D eigenvalue weighted by Crippen LogP contribution is -2.56. The minimum absolute atomic E-state index is 0.569. The quantitative estimate of drug-likeness (QED) is 0.751. The van der Waals surface area contributed by atoms with Crippen LogP contribution in [0.4, 0.5) is 0 Å². The lowest BCUT2D eigenvalue weighted by atomic mass is 9.68. The van der Waals surface area contributed by atoms with E-state index in [0.717, 1.165) is 5.75 Å². The van der Waals surface area contributed by atoms with Crippen LogP contribution < -0.4 is 10.1 Å². The standard InChI is InChI=1S/C13H17NO/c1-15-12-3-2-10-4-5-13(8-14-9-13)7-11(10)6-12/h2-3,6,14H,4-5,7-9H2,1H3. The molecule has 1 heterocycles. The van der Waals surface area contributed by atoms with Crippen LogP contribution in [0.1, 0.15) is 17.5 Å². The molecule has 0 saturated carbocycles. The Labute approximate surface area is 90.6 Å². The second-order valence-corrected chi connectivity index (χ2v) is 4.91. The number of rotatable bonds is 1. The summed E-state index contributed by atoms with van der Waals surface area (Å²) >= 11 is 0. The minimum Gasteiger partial charge on any atom is -0.497 e. The van der Waals surface area contributed by atoms with Crippen molar-refractivity contribution < 1.29 is 4.74 Å². The van der Waals surface area contributed by atoms with E-state index in [1.54, 1.807) is 7.11 Å². The molecule has 1 saturated heterocycles. The second-order valence-electron chi connectivity index (χ2n) is 4.91. The molecule has 1 fully saturated rings. The summed E-state index contributed by atoms with van der Waals surface area (Å²) < 4.78 is 5.28. The molecular formula is C13H17NO. The molecule has 1 aliphatic carbocycles. The molecule has 1 spiro atoms. The van der Waals surface area contributed by atoms with Gasteiger partial charge in [0, 0.05) is 13.1 Å². The fourth-order valence-corrected chi connectivity index (χ4v) is 2.81. The number of methoxy groups -OCH3 is 1. The first-order chi connectivity index (χ1) is 7.31. The van der Waals surface area contributed by atoms with Crippen LogP contribution in [0, 0.1) is 5.41 Å². The van der Waals surface area contributed by atoms with Gasteiger partial charge in [0.05, 0.1) is 7.11 Å². The minimum atomic E-state index is 0.569. The maximum Gasteiger partial charge on any atom is 0.119 e. The van der Waals surface area contributed by atoms with E-state index < -0.39 is 0 Å². The highest BCUT2D eigenvalue weighted by atomic mass is 16.5. The molecule has 2 heteroatoms. The van der Waals surface area contributed by atoms with E-state index in [1.165, 1.54) is 43.5 Å². The summed E-state index contributed by atoms with van der Waals surface area (Å²) in [6.07, 6.45) is 3.81. The molecule has 1 aromatic carbocycles. The van der Waals surface area contributed by atoms with Gasteiger partial charge in [0.15, 0.2) is 0 Å². The molecule has 0 amide bonds. The Balaban J connectivity index is 1.92. The molecule has 0 unspecified atom stereocenters. The third-order valence-corrected chi connectivity index (χ3v) is 3.90. The van der Waals surface area contributed by atoms with Gasteiger partial charge in [0.1, 0.15) is 5.75 Å². The molecule has 1 N–H and O–H groups in total. The van der Waals surface area contributed by atoms with Crippen LogP contribution in [0.15, 0.2) is 18.2 Å². The average molecular weight is 203 g/mol. The molecule has 0 atom stereocenters. The Hall–Kier alpha value is -1.02. The number of aryl methyl sites for hydroxylation is 1. The molecule has 2 nitrogen and oxygen atoms in total. The third kappa shape index (κ3) is 1.44. The van der Waals surface area contributed by atoms with Gasteiger partial charge < -0.3 is 10.1 Å². The predicted octanol–water partition coefficient (Wildman–Crippen LogP) is 1.77. The Morgan fingerprint density at radius 1 is 1.27 bits per heavy atom. The van der Waals surface area contributed by atoms with Crippen molar-refractivity contribution in [2.75, 3.05) is 20.2 Å². The predicted molar refractivity (Wildman–Crippen MR) is 60.3 cm³/mol. The Kier molecular flexibility index (Phi) is 1.99. The van der Waals surface area contributed by atoms with Gasteiger partial charge in [-0.25, -0.2) is 0 Å². The van der Waals surface area contributed by atoms with E-state index in [4.69, 9.17) is 4.74 Å². The SMILES string of the molecule is COc1ccc2c(c1)CC1(CC2)CNC1. The number of hydrogen-bond acceptors (Lipinski definition) is 2. The van der Waals surface area contributed by atoms with Gasteiger partial charge in [-0.1, -0.05) is 6.07 Å². The van der Waals surface area contributed by atoms with Crippen molar-refractivity contribution in [1.29, 1.82) is 0 Å². The van der Waals surface area contributed by atoms with Gasteiger partial charge in [0.2, 0.25) is 0 Å². The number of hydrogen-bond donors (Lipinski definition) is 1. The molecule has 0 radical (unpaired) electrons. The normalized spacial score (nSPS) is 21.9. The summed E-state index contributed by atoms with van der Waals surface area (Å²) in [5.74, 6) is 0.998. The van der Waals surface area contributed by atoms with E-state index in [2.05, 4.69) is 23.5 Å². The van der Waals surface area contributed by atoms with Crippen LogP contribution >= 0.6 is 0 Å². The van der Waals surface area contributed by atoms with Crippen LogP contribution in [-0.4, -0.2) is 20.2 Å². The van der Waals surface area contributed by atoms with Crippen molar-refractivity contribution in [1.82, 2.24) is 5.32 Å². The van der Waals surface area contributed by atoms with Crippen molar-refractivity contribution in [3.05, 3.63) is 29.3 Å². The maximum atomic E-state index is 5.28. The number of ether oxygens (including phenoxy) is 1. The van der Waals surface area contributed by atoms with Gasteiger partial charge in [-0.05, 0) is 47.9 Å². The molecular weight excluding hydrogens is 186 g/mol. The molecule has 3 rings (SSSR count). The van der Waals surface area contributed by atoms with Gasteiger partial charge >= 0.3 is 0 Å². The average Bonchev–Trinajstić information content (AvgIpc) is 2.25. The lowest BCUT2D eigenvalue weighted by Gasteiger charge is -2.46. The van der Waals surface area contributed by atoms with Gasteiger partial charge in [-0.3, -0.25) is 0 Å². The number of benzene rings is 1. The number of nitrogens with one attached hydrogen (secondary N) is 1. The monoisotopic (exact) mass is 203 g/mol. The summed E-state index contributed by atoms with van der Waals surface area (Å²) in [6.45, 7) is 2.40. The van der Waals surface area contributed by atoms with Crippen LogP contribution in [0.3, 0.4) is 0 Å². The maximum absolute atomic E-state index is 5.28. The molecule has 0 bridgehead atoms. The zero-order chi connectivity index (χ0) is 10.3. The van der Waals surface area contributed by atoms with Crippen molar-refractivity contribution in [2.45, 2.75) is 19.3 Å². The smallest absolute Gasteiger partial charge is 0.119 e. The lowest BCUT2D eigenvalue weighted by molar-refractivity contribution is 0.143. The van der Waals surface area contributed by atoms with Crippen LogP contribution in [0.25, 0.3) is 0 Å². The van der Waals surface area contributed by atoms with Crippen molar-refractivity contribution in [3.63, 3.8) is 0 Å². The molecule has 80 valence electrons.